The Morgan fingerprint density at radius 3 is 2.42 bits per heavy atom. The summed E-state index contributed by atoms with van der Waals surface area (Å²) < 4.78 is 32.8. The standard InChI is InChI=1S/C22H27ClN2O4S2/c1-15(16-4-7-19(30-3)8-5-16)24-22(26)17-10-12-25(13-11-17)31(27,28)21-14-18(23)6-9-20(21)29-2/h4-9,14-15,17H,10-13H2,1-3H3,(H,24,26). The summed E-state index contributed by atoms with van der Waals surface area (Å²) in [4.78, 5) is 14.0. The molecule has 1 heterocycles. The lowest BCUT2D eigenvalue weighted by molar-refractivity contribution is -0.126. The van der Waals surface area contributed by atoms with Crippen molar-refractivity contribution in [1.29, 1.82) is 0 Å². The van der Waals surface area contributed by atoms with Crippen LogP contribution in [0.2, 0.25) is 5.02 Å². The fourth-order valence-electron chi connectivity index (χ4n) is 3.66. The smallest absolute Gasteiger partial charge is 0.246 e. The fraction of sp³-hybridized carbons (Fsp3) is 0.409. The van der Waals surface area contributed by atoms with E-state index in [1.807, 2.05) is 37.4 Å². The first-order valence-electron chi connectivity index (χ1n) is 10.0. The Labute approximate surface area is 193 Å². The van der Waals surface area contributed by atoms with Gasteiger partial charge in [0.05, 0.1) is 13.2 Å². The van der Waals surface area contributed by atoms with Crippen LogP contribution in [-0.2, 0) is 14.8 Å². The molecule has 6 nitrogen and oxygen atoms in total. The molecule has 1 aliphatic heterocycles. The molecule has 1 fully saturated rings. The number of thioether (sulfide) groups is 1. The van der Waals surface area contributed by atoms with Gasteiger partial charge in [-0.15, -0.1) is 11.8 Å². The molecule has 3 rings (SSSR count). The average Bonchev–Trinajstić information content (AvgIpc) is 2.79. The summed E-state index contributed by atoms with van der Waals surface area (Å²) >= 11 is 7.68. The van der Waals surface area contributed by atoms with Crippen LogP contribution in [0.25, 0.3) is 0 Å². The Balaban J connectivity index is 1.62. The number of benzene rings is 2. The predicted octanol–water partition coefficient (Wildman–Crippen LogP) is 4.35. The highest BCUT2D eigenvalue weighted by atomic mass is 35.5. The molecule has 168 valence electrons. The molecule has 1 saturated heterocycles. The van der Waals surface area contributed by atoms with Crippen LogP contribution in [0.1, 0.15) is 31.4 Å². The molecule has 0 aliphatic carbocycles. The first-order valence-corrected chi connectivity index (χ1v) is 13.1. The van der Waals surface area contributed by atoms with Gasteiger partial charge in [0.15, 0.2) is 0 Å². The molecule has 2 aromatic carbocycles. The third-order valence-corrected chi connectivity index (χ3v) is 8.44. The highest BCUT2D eigenvalue weighted by Gasteiger charge is 2.34. The molecule has 0 radical (unpaired) electrons. The van der Waals surface area contributed by atoms with Gasteiger partial charge >= 0.3 is 0 Å². The molecule has 0 bridgehead atoms. The minimum Gasteiger partial charge on any atom is -0.495 e. The molecule has 1 unspecified atom stereocenters. The van der Waals surface area contributed by atoms with E-state index in [4.69, 9.17) is 16.3 Å². The van der Waals surface area contributed by atoms with Gasteiger partial charge in [-0.3, -0.25) is 4.79 Å². The number of sulfonamides is 1. The van der Waals surface area contributed by atoms with Gasteiger partial charge in [0, 0.05) is 28.9 Å². The van der Waals surface area contributed by atoms with Crippen molar-refractivity contribution in [2.24, 2.45) is 5.92 Å². The Morgan fingerprint density at radius 2 is 1.84 bits per heavy atom. The molecule has 2 aromatic rings. The maximum absolute atomic E-state index is 13.1. The summed E-state index contributed by atoms with van der Waals surface area (Å²) in [6.07, 6.45) is 2.95. The fourth-order valence-corrected chi connectivity index (χ4v) is 5.95. The van der Waals surface area contributed by atoms with Crippen molar-refractivity contribution >= 4 is 39.3 Å². The monoisotopic (exact) mass is 482 g/mol. The van der Waals surface area contributed by atoms with Gasteiger partial charge in [0.25, 0.3) is 0 Å². The van der Waals surface area contributed by atoms with Crippen LogP contribution < -0.4 is 10.1 Å². The average molecular weight is 483 g/mol. The van der Waals surface area contributed by atoms with Crippen LogP contribution in [0.15, 0.2) is 52.3 Å². The van der Waals surface area contributed by atoms with Crippen molar-refractivity contribution in [1.82, 2.24) is 9.62 Å². The molecule has 1 atom stereocenters. The zero-order valence-electron chi connectivity index (χ0n) is 17.8. The number of halogens is 1. The first-order chi connectivity index (χ1) is 14.8. The largest absolute Gasteiger partial charge is 0.495 e. The molecule has 1 aliphatic rings. The Morgan fingerprint density at radius 1 is 1.19 bits per heavy atom. The second kappa shape index (κ2) is 10.3. The van der Waals surface area contributed by atoms with Gasteiger partial charge in [0.2, 0.25) is 15.9 Å². The van der Waals surface area contributed by atoms with E-state index in [0.717, 1.165) is 5.56 Å². The summed E-state index contributed by atoms with van der Waals surface area (Å²) in [6, 6.07) is 12.5. The molecule has 0 spiro atoms. The minimum atomic E-state index is -3.76. The van der Waals surface area contributed by atoms with Gasteiger partial charge in [0.1, 0.15) is 10.6 Å². The lowest BCUT2D eigenvalue weighted by atomic mass is 9.96. The van der Waals surface area contributed by atoms with Gasteiger partial charge in [-0.1, -0.05) is 23.7 Å². The zero-order valence-corrected chi connectivity index (χ0v) is 20.2. The molecular formula is C22H27ClN2O4S2. The number of carbonyl (C=O) groups is 1. The van der Waals surface area contributed by atoms with E-state index in [0.29, 0.717) is 17.9 Å². The van der Waals surface area contributed by atoms with E-state index in [9.17, 15) is 13.2 Å². The Bertz CT molecular complexity index is 1020. The van der Waals surface area contributed by atoms with Crippen molar-refractivity contribution in [3.05, 3.63) is 53.1 Å². The Hall–Kier alpha value is -1.74. The zero-order chi connectivity index (χ0) is 22.6. The van der Waals surface area contributed by atoms with Crippen molar-refractivity contribution in [3.8, 4) is 5.75 Å². The third kappa shape index (κ3) is 5.55. The number of carbonyl (C=O) groups excluding carboxylic acids is 1. The molecule has 0 saturated carbocycles. The number of rotatable bonds is 7. The van der Waals surface area contributed by atoms with Crippen molar-refractivity contribution in [2.45, 2.75) is 35.6 Å². The van der Waals surface area contributed by atoms with Crippen LogP contribution in [-0.4, -0.2) is 45.1 Å². The number of nitrogens with one attached hydrogen (secondary N) is 1. The molecule has 1 N–H and O–H groups in total. The summed E-state index contributed by atoms with van der Waals surface area (Å²) in [5.41, 5.74) is 1.04. The lowest BCUT2D eigenvalue weighted by Crippen LogP contribution is -2.43. The van der Waals surface area contributed by atoms with Crippen LogP contribution in [0, 0.1) is 5.92 Å². The third-order valence-electron chi connectivity index (χ3n) is 5.54. The number of methoxy groups -OCH3 is 1. The number of ether oxygens (including phenoxy) is 1. The normalized spacial score (nSPS) is 16.6. The molecule has 9 heteroatoms. The molecular weight excluding hydrogens is 456 g/mol. The van der Waals surface area contributed by atoms with Crippen molar-refractivity contribution in [3.63, 3.8) is 0 Å². The van der Waals surface area contributed by atoms with Crippen LogP contribution in [0.5, 0.6) is 5.75 Å². The molecule has 0 aromatic heterocycles. The molecule has 1 amide bonds. The van der Waals surface area contributed by atoms with E-state index in [-0.39, 0.29) is 41.6 Å². The van der Waals surface area contributed by atoms with Crippen LogP contribution in [0.4, 0.5) is 0 Å². The van der Waals surface area contributed by atoms with E-state index in [2.05, 4.69) is 5.32 Å². The van der Waals surface area contributed by atoms with Gasteiger partial charge in [-0.25, -0.2) is 8.42 Å². The lowest BCUT2D eigenvalue weighted by Gasteiger charge is -2.31. The van der Waals surface area contributed by atoms with Crippen LogP contribution in [0.3, 0.4) is 0 Å². The highest BCUT2D eigenvalue weighted by molar-refractivity contribution is 7.98. The van der Waals surface area contributed by atoms with E-state index >= 15 is 0 Å². The van der Waals surface area contributed by atoms with Gasteiger partial charge < -0.3 is 10.1 Å². The number of hydrogen-bond acceptors (Lipinski definition) is 5. The minimum absolute atomic E-state index is 0.0428. The Kier molecular flexibility index (Phi) is 7.91. The van der Waals surface area contributed by atoms with E-state index in [1.54, 1.807) is 23.9 Å². The van der Waals surface area contributed by atoms with E-state index < -0.39 is 10.0 Å². The molecule has 31 heavy (non-hydrogen) atoms. The number of nitrogens with zero attached hydrogens (tertiary/aromatic N) is 1. The number of hydrogen-bond donors (Lipinski definition) is 1. The van der Waals surface area contributed by atoms with Crippen LogP contribution >= 0.6 is 23.4 Å². The van der Waals surface area contributed by atoms with E-state index in [1.165, 1.54) is 22.4 Å². The summed E-state index contributed by atoms with van der Waals surface area (Å²) in [5.74, 6) is -0.00922. The second-order valence-electron chi connectivity index (χ2n) is 7.48. The van der Waals surface area contributed by atoms with Gasteiger partial charge in [-0.05, 0) is 61.9 Å². The topological polar surface area (TPSA) is 75.7 Å². The number of amides is 1. The van der Waals surface area contributed by atoms with Gasteiger partial charge in [-0.2, -0.15) is 4.31 Å². The number of piperidine rings is 1. The maximum atomic E-state index is 13.1. The van der Waals surface area contributed by atoms with Crippen molar-refractivity contribution < 1.29 is 17.9 Å². The summed E-state index contributed by atoms with van der Waals surface area (Å²) in [6.45, 7) is 2.50. The first kappa shape index (κ1) is 23.9. The maximum Gasteiger partial charge on any atom is 0.246 e. The SMILES string of the molecule is COc1ccc(Cl)cc1S(=O)(=O)N1CCC(C(=O)NC(C)c2ccc(SC)cc2)CC1. The highest BCUT2D eigenvalue weighted by Crippen LogP contribution is 2.32. The van der Waals surface area contributed by atoms with Crippen molar-refractivity contribution in [2.75, 3.05) is 26.5 Å². The predicted molar refractivity (Wildman–Crippen MR) is 124 cm³/mol. The summed E-state index contributed by atoms with van der Waals surface area (Å²) in [7, 11) is -2.33. The second-order valence-corrected chi connectivity index (χ2v) is 10.7. The quantitative estimate of drug-likeness (QED) is 0.594. The summed E-state index contributed by atoms with van der Waals surface area (Å²) in [5, 5.41) is 3.39.